The van der Waals surface area contributed by atoms with E-state index in [1.807, 2.05) is 6.07 Å². The Morgan fingerprint density at radius 1 is 1.13 bits per heavy atom. The Morgan fingerprint density at radius 3 is 2.50 bits per heavy atom. The molecule has 5 nitrogen and oxygen atoms in total. The molecule has 30 heavy (non-hydrogen) atoms. The minimum Gasteiger partial charge on any atom is -0.369 e. The molecule has 2 saturated carbocycles. The summed E-state index contributed by atoms with van der Waals surface area (Å²) in [5.74, 6) is 1.14. The summed E-state index contributed by atoms with van der Waals surface area (Å²) in [5, 5.41) is 3.94. The first kappa shape index (κ1) is 21.4. The highest BCUT2D eigenvalue weighted by Crippen LogP contribution is 2.43. The number of benzene rings is 1. The molecule has 164 valence electrons. The second-order valence-corrected chi connectivity index (χ2v) is 9.80. The van der Waals surface area contributed by atoms with Gasteiger partial charge in [0.15, 0.2) is 5.96 Å². The van der Waals surface area contributed by atoms with Crippen LogP contribution >= 0.6 is 0 Å². The van der Waals surface area contributed by atoms with Gasteiger partial charge in [0.2, 0.25) is 0 Å². The predicted octanol–water partition coefficient (Wildman–Crippen LogP) is 3.87. The average molecular weight is 411 g/mol. The number of likely N-dealkylation sites (N-methyl/N-ethyl adjacent to an activating group) is 1. The van der Waals surface area contributed by atoms with Crippen LogP contribution in [0.5, 0.6) is 0 Å². The summed E-state index contributed by atoms with van der Waals surface area (Å²) in [6.45, 7) is 2.25. The zero-order valence-electron chi connectivity index (χ0n) is 18.6. The van der Waals surface area contributed by atoms with Crippen molar-refractivity contribution in [2.75, 3.05) is 7.05 Å². The maximum atomic E-state index is 13.4. The average Bonchev–Trinajstić information content (AvgIpc) is 3.35. The highest BCUT2D eigenvalue weighted by Gasteiger charge is 2.52. The molecular formula is C25H38N4O. The molecule has 0 saturated heterocycles. The van der Waals surface area contributed by atoms with E-state index < -0.39 is 5.54 Å². The first-order valence-corrected chi connectivity index (χ1v) is 11.9. The molecule has 1 amide bonds. The van der Waals surface area contributed by atoms with Crippen LogP contribution in [0.1, 0.15) is 70.3 Å². The van der Waals surface area contributed by atoms with Gasteiger partial charge in [0.1, 0.15) is 5.54 Å². The lowest BCUT2D eigenvalue weighted by Crippen LogP contribution is -2.50. The van der Waals surface area contributed by atoms with Crippen LogP contribution in [0.25, 0.3) is 0 Å². The zero-order valence-corrected chi connectivity index (χ0v) is 18.6. The summed E-state index contributed by atoms with van der Waals surface area (Å²) in [5.41, 5.74) is 6.69. The van der Waals surface area contributed by atoms with Gasteiger partial charge in [0.25, 0.3) is 5.91 Å². The highest BCUT2D eigenvalue weighted by atomic mass is 16.2. The number of guanidine groups is 1. The third-order valence-corrected chi connectivity index (χ3v) is 7.97. The molecule has 4 atom stereocenters. The van der Waals surface area contributed by atoms with Gasteiger partial charge in [-0.15, -0.1) is 0 Å². The van der Waals surface area contributed by atoms with Gasteiger partial charge < -0.3 is 11.1 Å². The van der Waals surface area contributed by atoms with Gasteiger partial charge in [-0.1, -0.05) is 56.5 Å². The van der Waals surface area contributed by atoms with Crippen LogP contribution in [0.15, 0.2) is 35.3 Å². The number of aliphatic imine (C=N–C) groups is 1. The van der Waals surface area contributed by atoms with E-state index in [-0.39, 0.29) is 11.8 Å². The second-order valence-electron chi connectivity index (χ2n) is 9.80. The van der Waals surface area contributed by atoms with Gasteiger partial charge in [-0.25, -0.2) is 4.99 Å². The third kappa shape index (κ3) is 4.27. The minimum absolute atomic E-state index is 0.0781. The molecule has 3 aliphatic rings. The minimum atomic E-state index is -0.728. The van der Waals surface area contributed by atoms with Crippen molar-refractivity contribution in [2.45, 2.75) is 88.8 Å². The standard InChI is InChI=1S/C25H38N4O/c1-18(20-11-8-14-22(17-20)27-21-12-6-7-13-21)25(23(30)29(2)24(26)28-25)16-15-19-9-4-3-5-10-19/h3-5,9-10,18,20-22,27H,6-8,11-17H2,1-2H3,(H2,26,28)/t18?,20-,22+,25+/m0/s1. The Morgan fingerprint density at radius 2 is 1.83 bits per heavy atom. The topological polar surface area (TPSA) is 70.7 Å². The Balaban J connectivity index is 1.50. The van der Waals surface area contributed by atoms with Gasteiger partial charge in [-0.2, -0.15) is 0 Å². The van der Waals surface area contributed by atoms with E-state index in [2.05, 4.69) is 36.5 Å². The molecule has 0 radical (unpaired) electrons. The van der Waals surface area contributed by atoms with Crippen LogP contribution in [0.3, 0.4) is 0 Å². The number of nitrogens with zero attached hydrogens (tertiary/aromatic N) is 2. The Bertz CT molecular complexity index is 758. The molecule has 1 aromatic rings. The van der Waals surface area contributed by atoms with Gasteiger partial charge in [-0.3, -0.25) is 9.69 Å². The Kier molecular flexibility index (Phi) is 6.47. The molecule has 0 aromatic heterocycles. The lowest BCUT2D eigenvalue weighted by atomic mass is 9.68. The molecule has 1 unspecified atom stereocenters. The Labute approximate surface area is 181 Å². The van der Waals surface area contributed by atoms with Crippen LogP contribution in [0.2, 0.25) is 0 Å². The number of hydrogen-bond donors (Lipinski definition) is 2. The van der Waals surface area contributed by atoms with Crippen molar-refractivity contribution >= 4 is 11.9 Å². The fraction of sp³-hybridized carbons (Fsp3) is 0.680. The van der Waals surface area contributed by atoms with Crippen LogP contribution in [0, 0.1) is 11.8 Å². The first-order valence-electron chi connectivity index (χ1n) is 11.9. The second kappa shape index (κ2) is 9.09. The lowest BCUT2D eigenvalue weighted by Gasteiger charge is -2.41. The number of aryl methyl sites for hydroxylation is 1. The number of amides is 1. The summed E-state index contributed by atoms with van der Waals surface area (Å²) >= 11 is 0. The maximum absolute atomic E-state index is 13.4. The summed E-state index contributed by atoms with van der Waals surface area (Å²) < 4.78 is 0. The number of carbonyl (C=O) groups excluding carboxylic acids is 1. The van der Waals surface area contributed by atoms with E-state index >= 15 is 0 Å². The molecule has 1 aliphatic heterocycles. The fourth-order valence-electron chi connectivity index (χ4n) is 6.04. The summed E-state index contributed by atoms with van der Waals surface area (Å²) in [4.78, 5) is 19.8. The van der Waals surface area contributed by atoms with Crippen molar-refractivity contribution in [1.82, 2.24) is 10.2 Å². The lowest BCUT2D eigenvalue weighted by molar-refractivity contribution is -0.133. The molecule has 2 aliphatic carbocycles. The van der Waals surface area contributed by atoms with Crippen LogP contribution in [0.4, 0.5) is 0 Å². The maximum Gasteiger partial charge on any atom is 0.257 e. The van der Waals surface area contributed by atoms with E-state index in [9.17, 15) is 4.79 Å². The van der Waals surface area contributed by atoms with Gasteiger partial charge in [0.05, 0.1) is 0 Å². The van der Waals surface area contributed by atoms with Crippen LogP contribution < -0.4 is 11.1 Å². The number of nitrogens with two attached hydrogens (primary N) is 1. The van der Waals surface area contributed by atoms with E-state index in [1.165, 1.54) is 50.5 Å². The zero-order chi connectivity index (χ0) is 21.1. The largest absolute Gasteiger partial charge is 0.369 e. The summed E-state index contributed by atoms with van der Waals surface area (Å²) in [7, 11) is 1.77. The third-order valence-electron chi connectivity index (χ3n) is 7.97. The van der Waals surface area contributed by atoms with Crippen molar-refractivity contribution in [1.29, 1.82) is 0 Å². The van der Waals surface area contributed by atoms with E-state index in [0.29, 0.717) is 24.0 Å². The van der Waals surface area contributed by atoms with Gasteiger partial charge in [0, 0.05) is 19.1 Å². The van der Waals surface area contributed by atoms with Gasteiger partial charge >= 0.3 is 0 Å². The molecule has 4 rings (SSSR count). The van der Waals surface area contributed by atoms with Crippen LogP contribution in [-0.2, 0) is 11.2 Å². The smallest absolute Gasteiger partial charge is 0.257 e. The number of hydrogen-bond acceptors (Lipinski definition) is 4. The Hall–Kier alpha value is -1.88. The number of carbonyl (C=O) groups is 1. The monoisotopic (exact) mass is 410 g/mol. The highest BCUT2D eigenvalue weighted by molar-refractivity contribution is 6.06. The van der Waals surface area contributed by atoms with Crippen LogP contribution in [-0.4, -0.2) is 41.4 Å². The van der Waals surface area contributed by atoms with Crippen molar-refractivity contribution in [3.8, 4) is 0 Å². The molecule has 1 heterocycles. The van der Waals surface area contributed by atoms with Crippen molar-refractivity contribution in [3.05, 3.63) is 35.9 Å². The van der Waals surface area contributed by atoms with Crippen molar-refractivity contribution < 1.29 is 4.79 Å². The molecule has 0 spiro atoms. The quantitative estimate of drug-likeness (QED) is 0.717. The van der Waals surface area contributed by atoms with Crippen molar-refractivity contribution in [3.63, 3.8) is 0 Å². The normalized spacial score (nSPS) is 31.2. The molecule has 0 bridgehead atoms. The molecule has 2 fully saturated rings. The van der Waals surface area contributed by atoms with E-state index in [1.54, 1.807) is 11.9 Å². The summed E-state index contributed by atoms with van der Waals surface area (Å²) in [6, 6.07) is 11.7. The number of rotatable bonds is 7. The molecule has 1 aromatic carbocycles. The summed E-state index contributed by atoms with van der Waals surface area (Å²) in [6.07, 6.45) is 11.8. The SMILES string of the molecule is CC([C@H]1CCC[C@@H](NC2CCCC2)C1)[C@@]1(CCc2ccccc2)N=C(N)N(C)C1=O. The van der Waals surface area contributed by atoms with E-state index in [4.69, 9.17) is 10.7 Å². The fourth-order valence-corrected chi connectivity index (χ4v) is 6.04. The molecule has 5 heteroatoms. The first-order chi connectivity index (χ1) is 14.5. The van der Waals surface area contributed by atoms with Gasteiger partial charge in [-0.05, 0) is 62.3 Å². The van der Waals surface area contributed by atoms with Crippen molar-refractivity contribution in [2.24, 2.45) is 22.6 Å². The molecular weight excluding hydrogens is 372 g/mol. The van der Waals surface area contributed by atoms with E-state index in [0.717, 1.165) is 19.3 Å². The predicted molar refractivity (Wildman–Crippen MR) is 122 cm³/mol. The molecule has 3 N–H and O–H groups in total. The number of nitrogens with one attached hydrogen (secondary N) is 1.